The van der Waals surface area contributed by atoms with Crippen LogP contribution < -0.4 is 0 Å². The third kappa shape index (κ3) is 7.17. The summed E-state index contributed by atoms with van der Waals surface area (Å²) in [6, 6.07) is 24.7. The number of benzene rings is 3. The van der Waals surface area contributed by atoms with E-state index < -0.39 is 48.6 Å². The molecule has 0 bridgehead atoms. The summed E-state index contributed by atoms with van der Waals surface area (Å²) in [5, 5.41) is 10.9. The number of aliphatic hydroxyl groups excluding tert-OH is 1. The highest BCUT2D eigenvalue weighted by Crippen LogP contribution is 2.29. The summed E-state index contributed by atoms with van der Waals surface area (Å²) in [6.45, 7) is 3.23. The molecule has 4 rings (SSSR count). The van der Waals surface area contributed by atoms with E-state index in [0.29, 0.717) is 5.56 Å². The van der Waals surface area contributed by atoms with Crippen LogP contribution in [0.5, 0.6) is 0 Å². The predicted molar refractivity (Wildman–Crippen MR) is 139 cm³/mol. The maximum atomic E-state index is 13.0. The summed E-state index contributed by atoms with van der Waals surface area (Å²) in [7, 11) is 0. The summed E-state index contributed by atoms with van der Waals surface area (Å²) in [5.41, 5.74) is 0.800. The smallest absolute Gasteiger partial charge is 0.338 e. The first-order valence-corrected chi connectivity index (χ1v) is 12.3. The van der Waals surface area contributed by atoms with Crippen LogP contribution in [0.4, 0.5) is 0 Å². The van der Waals surface area contributed by atoms with Crippen molar-refractivity contribution in [1.82, 2.24) is 0 Å². The lowest BCUT2D eigenvalue weighted by Crippen LogP contribution is -2.62. The SMILES string of the molecule is C=CCO[C@@H]1[C@H](OC(=O)c2ccccc2)[C@@H](O)O[C@H](COC(=O)c2ccccc2)[C@H]1OC(=O)c1ccccc1. The van der Waals surface area contributed by atoms with Gasteiger partial charge in [-0.15, -0.1) is 6.58 Å². The maximum Gasteiger partial charge on any atom is 0.338 e. The van der Waals surface area contributed by atoms with E-state index in [1.54, 1.807) is 91.0 Å². The molecule has 3 aromatic carbocycles. The first-order chi connectivity index (χ1) is 19.0. The minimum Gasteiger partial charge on any atom is -0.459 e. The molecule has 0 saturated carbocycles. The van der Waals surface area contributed by atoms with E-state index in [2.05, 4.69) is 6.58 Å². The number of aliphatic hydroxyl groups is 1. The summed E-state index contributed by atoms with van der Waals surface area (Å²) in [6.07, 6.45) is -5.18. The van der Waals surface area contributed by atoms with Gasteiger partial charge in [-0.3, -0.25) is 0 Å². The molecule has 9 nitrogen and oxygen atoms in total. The van der Waals surface area contributed by atoms with Crippen molar-refractivity contribution in [2.45, 2.75) is 30.7 Å². The van der Waals surface area contributed by atoms with Gasteiger partial charge in [0.1, 0.15) is 18.8 Å². The molecule has 5 atom stereocenters. The van der Waals surface area contributed by atoms with E-state index in [0.717, 1.165) is 0 Å². The molecule has 1 fully saturated rings. The van der Waals surface area contributed by atoms with E-state index >= 15 is 0 Å². The van der Waals surface area contributed by atoms with Crippen LogP contribution in [-0.2, 0) is 23.7 Å². The van der Waals surface area contributed by atoms with Crippen LogP contribution >= 0.6 is 0 Å². The monoisotopic (exact) mass is 532 g/mol. The van der Waals surface area contributed by atoms with Crippen LogP contribution in [0.3, 0.4) is 0 Å². The molecule has 1 heterocycles. The Kier molecular flexibility index (Phi) is 9.58. The van der Waals surface area contributed by atoms with Gasteiger partial charge in [0.2, 0.25) is 0 Å². The first-order valence-electron chi connectivity index (χ1n) is 12.3. The van der Waals surface area contributed by atoms with Crippen LogP contribution in [0.1, 0.15) is 31.1 Å². The topological polar surface area (TPSA) is 118 Å². The summed E-state index contributed by atoms with van der Waals surface area (Å²) >= 11 is 0. The zero-order valence-corrected chi connectivity index (χ0v) is 21.0. The summed E-state index contributed by atoms with van der Waals surface area (Å²) in [5.74, 6) is -2.08. The molecular formula is C30H28O9. The average molecular weight is 533 g/mol. The number of rotatable bonds is 10. The van der Waals surface area contributed by atoms with Gasteiger partial charge in [-0.05, 0) is 36.4 Å². The third-order valence-corrected chi connectivity index (χ3v) is 5.91. The summed E-state index contributed by atoms with van der Waals surface area (Å²) < 4.78 is 28.4. The van der Waals surface area contributed by atoms with Crippen molar-refractivity contribution in [1.29, 1.82) is 0 Å². The molecular weight excluding hydrogens is 504 g/mol. The van der Waals surface area contributed by atoms with E-state index in [1.165, 1.54) is 6.08 Å². The van der Waals surface area contributed by atoms with Crippen molar-refractivity contribution in [3.63, 3.8) is 0 Å². The predicted octanol–water partition coefficient (Wildman–Crippen LogP) is 3.58. The maximum absolute atomic E-state index is 13.0. The second-order valence-electron chi connectivity index (χ2n) is 8.59. The second kappa shape index (κ2) is 13.5. The third-order valence-electron chi connectivity index (χ3n) is 5.91. The molecule has 0 radical (unpaired) electrons. The number of carbonyl (C=O) groups is 3. The number of hydrogen-bond acceptors (Lipinski definition) is 9. The van der Waals surface area contributed by atoms with Crippen LogP contribution in [0.2, 0.25) is 0 Å². The Morgan fingerprint density at radius 3 is 1.67 bits per heavy atom. The minimum absolute atomic E-state index is 0.0211. The molecule has 202 valence electrons. The largest absolute Gasteiger partial charge is 0.459 e. The second-order valence-corrected chi connectivity index (χ2v) is 8.59. The first kappa shape index (κ1) is 27.7. The average Bonchev–Trinajstić information content (AvgIpc) is 2.98. The number of ether oxygens (including phenoxy) is 5. The molecule has 1 N–H and O–H groups in total. The molecule has 0 aliphatic carbocycles. The fourth-order valence-corrected chi connectivity index (χ4v) is 4.01. The van der Waals surface area contributed by atoms with Gasteiger partial charge in [-0.25, -0.2) is 14.4 Å². The van der Waals surface area contributed by atoms with Gasteiger partial charge in [0, 0.05) is 0 Å². The number of esters is 3. The minimum atomic E-state index is -1.68. The lowest BCUT2D eigenvalue weighted by molar-refractivity contribution is -0.291. The Morgan fingerprint density at radius 1 is 0.718 bits per heavy atom. The molecule has 1 aliphatic rings. The van der Waals surface area contributed by atoms with Crippen LogP contribution in [0.25, 0.3) is 0 Å². The van der Waals surface area contributed by atoms with Crippen LogP contribution in [-0.4, -0.2) is 66.9 Å². The molecule has 0 spiro atoms. The Labute approximate surface area is 225 Å². The van der Waals surface area contributed by atoms with Crippen molar-refractivity contribution in [2.24, 2.45) is 0 Å². The van der Waals surface area contributed by atoms with Gasteiger partial charge in [-0.2, -0.15) is 0 Å². The fourth-order valence-electron chi connectivity index (χ4n) is 4.01. The van der Waals surface area contributed by atoms with Gasteiger partial charge >= 0.3 is 17.9 Å². The number of hydrogen-bond donors (Lipinski definition) is 1. The summed E-state index contributed by atoms with van der Waals surface area (Å²) in [4.78, 5) is 38.5. The Hall–Kier alpha value is -4.31. The Balaban J connectivity index is 1.60. The van der Waals surface area contributed by atoms with Crippen molar-refractivity contribution < 1.29 is 43.2 Å². The standard InChI is InChI=1S/C30H28O9/c1-2-18-35-25-24(38-28(32)21-14-8-4-9-15-21)23(19-36-27(31)20-12-6-3-7-13-20)37-30(34)26(25)39-29(33)22-16-10-5-11-17-22/h2-17,23-26,30,34H,1,18-19H2/t23-,24-,25+,26+,30+/m1/s1. The van der Waals surface area contributed by atoms with Crippen LogP contribution in [0.15, 0.2) is 104 Å². The highest BCUT2D eigenvalue weighted by Gasteiger charge is 2.51. The molecule has 0 unspecified atom stereocenters. The van der Waals surface area contributed by atoms with Gasteiger partial charge in [0.15, 0.2) is 18.5 Å². The van der Waals surface area contributed by atoms with E-state index in [9.17, 15) is 19.5 Å². The fraction of sp³-hybridized carbons (Fsp3) is 0.233. The van der Waals surface area contributed by atoms with Crippen molar-refractivity contribution in [3.8, 4) is 0 Å². The normalized spacial score (nSPS) is 22.3. The van der Waals surface area contributed by atoms with Gasteiger partial charge in [0.25, 0.3) is 0 Å². The number of carbonyl (C=O) groups excluding carboxylic acids is 3. The molecule has 0 aromatic heterocycles. The molecule has 0 amide bonds. The molecule has 9 heteroatoms. The molecule has 1 saturated heterocycles. The van der Waals surface area contributed by atoms with Gasteiger partial charge in [-0.1, -0.05) is 60.7 Å². The molecule has 39 heavy (non-hydrogen) atoms. The van der Waals surface area contributed by atoms with E-state index in [1.807, 2.05) is 0 Å². The zero-order valence-electron chi connectivity index (χ0n) is 21.0. The quantitative estimate of drug-likeness (QED) is 0.237. The van der Waals surface area contributed by atoms with Gasteiger partial charge in [0.05, 0.1) is 23.3 Å². The van der Waals surface area contributed by atoms with E-state index in [4.69, 9.17) is 23.7 Å². The van der Waals surface area contributed by atoms with Crippen molar-refractivity contribution in [3.05, 3.63) is 120 Å². The van der Waals surface area contributed by atoms with Crippen molar-refractivity contribution >= 4 is 17.9 Å². The van der Waals surface area contributed by atoms with Crippen molar-refractivity contribution in [2.75, 3.05) is 13.2 Å². The molecule has 3 aromatic rings. The lowest BCUT2D eigenvalue weighted by Gasteiger charge is -2.43. The van der Waals surface area contributed by atoms with Gasteiger partial charge < -0.3 is 28.8 Å². The Morgan fingerprint density at radius 2 is 1.18 bits per heavy atom. The highest BCUT2D eigenvalue weighted by molar-refractivity contribution is 5.90. The molecule has 1 aliphatic heterocycles. The zero-order chi connectivity index (χ0) is 27.6. The van der Waals surface area contributed by atoms with E-state index in [-0.39, 0.29) is 24.3 Å². The van der Waals surface area contributed by atoms with Crippen LogP contribution in [0, 0.1) is 0 Å². The Bertz CT molecular complexity index is 1250. The lowest BCUT2D eigenvalue weighted by atomic mass is 9.98. The highest BCUT2D eigenvalue weighted by atomic mass is 16.7.